The fraction of sp³-hybridized carbons (Fsp3) is 0.917. The average molecular weight is 228 g/mol. The number of ether oxygens (including phenoxy) is 1. The minimum atomic E-state index is -0.731. The molecule has 0 radical (unpaired) electrons. The predicted octanol–water partition coefficient (Wildman–Crippen LogP) is 0.773. The SMILES string of the molecule is COC(C)(C)C(=O)NCC1CNCCC1C. The van der Waals surface area contributed by atoms with Crippen LogP contribution < -0.4 is 10.6 Å². The molecule has 2 N–H and O–H groups in total. The first-order valence-corrected chi connectivity index (χ1v) is 6.01. The molecular formula is C12H24N2O2. The lowest BCUT2D eigenvalue weighted by atomic mass is 9.88. The van der Waals surface area contributed by atoms with Crippen LogP contribution in [-0.2, 0) is 9.53 Å². The molecule has 1 aliphatic rings. The fourth-order valence-corrected chi connectivity index (χ4v) is 1.86. The number of amides is 1. The van der Waals surface area contributed by atoms with Crippen molar-refractivity contribution in [3.63, 3.8) is 0 Å². The highest BCUT2D eigenvalue weighted by atomic mass is 16.5. The molecule has 0 aromatic carbocycles. The van der Waals surface area contributed by atoms with Gasteiger partial charge in [0, 0.05) is 13.7 Å². The zero-order chi connectivity index (χ0) is 12.2. The van der Waals surface area contributed by atoms with Crippen LogP contribution in [0.5, 0.6) is 0 Å². The Labute approximate surface area is 98.1 Å². The summed E-state index contributed by atoms with van der Waals surface area (Å²) in [6.07, 6.45) is 1.19. The molecule has 4 heteroatoms. The third-order valence-electron chi connectivity index (χ3n) is 3.57. The Bertz CT molecular complexity index is 241. The molecule has 0 aromatic rings. The van der Waals surface area contributed by atoms with Crippen molar-refractivity contribution in [2.45, 2.75) is 32.8 Å². The number of carbonyl (C=O) groups excluding carboxylic acids is 1. The maximum atomic E-state index is 11.8. The number of hydrogen-bond acceptors (Lipinski definition) is 3. The van der Waals surface area contributed by atoms with Crippen LogP contribution >= 0.6 is 0 Å². The molecule has 2 unspecified atom stereocenters. The van der Waals surface area contributed by atoms with Crippen molar-refractivity contribution in [1.82, 2.24) is 10.6 Å². The fourth-order valence-electron chi connectivity index (χ4n) is 1.86. The highest BCUT2D eigenvalue weighted by Gasteiger charge is 2.28. The molecule has 94 valence electrons. The molecule has 4 nitrogen and oxygen atoms in total. The zero-order valence-corrected chi connectivity index (χ0v) is 10.8. The summed E-state index contributed by atoms with van der Waals surface area (Å²) in [6.45, 7) is 8.64. The van der Waals surface area contributed by atoms with Gasteiger partial charge >= 0.3 is 0 Å². The smallest absolute Gasteiger partial charge is 0.251 e. The van der Waals surface area contributed by atoms with Crippen molar-refractivity contribution >= 4 is 5.91 Å². The van der Waals surface area contributed by atoms with Gasteiger partial charge < -0.3 is 15.4 Å². The van der Waals surface area contributed by atoms with Gasteiger partial charge in [0.1, 0.15) is 5.60 Å². The van der Waals surface area contributed by atoms with Crippen molar-refractivity contribution in [3.8, 4) is 0 Å². The summed E-state index contributed by atoms with van der Waals surface area (Å²) in [5.74, 6) is 1.17. The van der Waals surface area contributed by atoms with Gasteiger partial charge in [0.05, 0.1) is 0 Å². The van der Waals surface area contributed by atoms with E-state index in [1.165, 1.54) is 6.42 Å². The summed E-state index contributed by atoms with van der Waals surface area (Å²) in [4.78, 5) is 11.8. The molecule has 0 aromatic heterocycles. The van der Waals surface area contributed by atoms with E-state index < -0.39 is 5.60 Å². The summed E-state index contributed by atoms with van der Waals surface area (Å²) in [6, 6.07) is 0. The Kier molecular flexibility index (Phi) is 4.74. The maximum absolute atomic E-state index is 11.8. The van der Waals surface area contributed by atoms with Gasteiger partial charge in [-0.1, -0.05) is 6.92 Å². The quantitative estimate of drug-likeness (QED) is 0.747. The first kappa shape index (κ1) is 13.5. The lowest BCUT2D eigenvalue weighted by molar-refractivity contribution is -0.139. The van der Waals surface area contributed by atoms with E-state index in [1.54, 1.807) is 21.0 Å². The molecule has 0 saturated carbocycles. The third-order valence-corrected chi connectivity index (χ3v) is 3.57. The van der Waals surface area contributed by atoms with Crippen molar-refractivity contribution in [2.75, 3.05) is 26.7 Å². The monoisotopic (exact) mass is 228 g/mol. The topological polar surface area (TPSA) is 50.4 Å². The summed E-state index contributed by atoms with van der Waals surface area (Å²) in [5.41, 5.74) is -0.731. The lowest BCUT2D eigenvalue weighted by Crippen LogP contribution is -2.48. The summed E-state index contributed by atoms with van der Waals surface area (Å²) in [7, 11) is 1.56. The van der Waals surface area contributed by atoms with Crippen LogP contribution in [0, 0.1) is 11.8 Å². The normalized spacial score (nSPS) is 26.5. The molecule has 1 saturated heterocycles. The number of nitrogens with one attached hydrogen (secondary N) is 2. The van der Waals surface area contributed by atoms with Crippen LogP contribution in [-0.4, -0.2) is 38.3 Å². The van der Waals surface area contributed by atoms with E-state index in [9.17, 15) is 4.79 Å². The van der Waals surface area contributed by atoms with Crippen molar-refractivity contribution in [3.05, 3.63) is 0 Å². The Morgan fingerprint density at radius 1 is 1.56 bits per heavy atom. The third kappa shape index (κ3) is 3.46. The van der Waals surface area contributed by atoms with Gasteiger partial charge in [-0.2, -0.15) is 0 Å². The van der Waals surface area contributed by atoms with E-state index in [4.69, 9.17) is 4.74 Å². The summed E-state index contributed by atoms with van der Waals surface area (Å²) < 4.78 is 5.14. The minimum Gasteiger partial charge on any atom is -0.369 e. The summed E-state index contributed by atoms with van der Waals surface area (Å²) in [5, 5.41) is 6.33. The molecule has 16 heavy (non-hydrogen) atoms. The van der Waals surface area contributed by atoms with E-state index in [2.05, 4.69) is 17.6 Å². The average Bonchev–Trinajstić information content (AvgIpc) is 2.27. The molecule has 1 amide bonds. The molecule has 1 rings (SSSR count). The van der Waals surface area contributed by atoms with Crippen LogP contribution in [0.4, 0.5) is 0 Å². The first-order chi connectivity index (χ1) is 7.47. The Hall–Kier alpha value is -0.610. The molecule has 1 fully saturated rings. The lowest BCUT2D eigenvalue weighted by Gasteiger charge is -2.31. The zero-order valence-electron chi connectivity index (χ0n) is 10.8. The second-order valence-corrected chi connectivity index (χ2v) is 5.15. The molecule has 0 spiro atoms. The van der Waals surface area contributed by atoms with Gasteiger partial charge in [0.25, 0.3) is 5.91 Å². The predicted molar refractivity (Wildman–Crippen MR) is 64.2 cm³/mol. The Balaban J connectivity index is 2.36. The molecular weight excluding hydrogens is 204 g/mol. The number of rotatable bonds is 4. The summed E-state index contributed by atoms with van der Waals surface area (Å²) >= 11 is 0. The standard InChI is InChI=1S/C12H24N2O2/c1-9-5-6-13-7-10(9)8-14-11(15)12(2,3)16-4/h9-10,13H,5-8H2,1-4H3,(H,14,15). The van der Waals surface area contributed by atoms with Gasteiger partial charge in [0.15, 0.2) is 0 Å². The largest absolute Gasteiger partial charge is 0.369 e. The van der Waals surface area contributed by atoms with E-state index in [0.29, 0.717) is 11.8 Å². The molecule has 2 atom stereocenters. The number of piperidine rings is 1. The Morgan fingerprint density at radius 3 is 2.81 bits per heavy atom. The number of hydrogen-bond donors (Lipinski definition) is 2. The van der Waals surface area contributed by atoms with Crippen molar-refractivity contribution in [1.29, 1.82) is 0 Å². The molecule has 0 bridgehead atoms. The van der Waals surface area contributed by atoms with Gasteiger partial charge in [-0.3, -0.25) is 4.79 Å². The van der Waals surface area contributed by atoms with Gasteiger partial charge in [-0.05, 0) is 45.2 Å². The van der Waals surface area contributed by atoms with Crippen LogP contribution in [0.3, 0.4) is 0 Å². The van der Waals surface area contributed by atoms with E-state index >= 15 is 0 Å². The molecule has 1 heterocycles. The van der Waals surface area contributed by atoms with Crippen LogP contribution in [0.25, 0.3) is 0 Å². The van der Waals surface area contributed by atoms with Crippen molar-refractivity contribution in [2.24, 2.45) is 11.8 Å². The van der Waals surface area contributed by atoms with E-state index in [0.717, 1.165) is 19.6 Å². The van der Waals surface area contributed by atoms with Crippen molar-refractivity contribution < 1.29 is 9.53 Å². The second kappa shape index (κ2) is 5.64. The highest BCUT2D eigenvalue weighted by molar-refractivity contribution is 5.84. The first-order valence-electron chi connectivity index (χ1n) is 6.01. The van der Waals surface area contributed by atoms with Gasteiger partial charge in [-0.15, -0.1) is 0 Å². The van der Waals surface area contributed by atoms with Crippen LogP contribution in [0.2, 0.25) is 0 Å². The molecule has 1 aliphatic heterocycles. The minimum absolute atomic E-state index is 0.0345. The number of methoxy groups -OCH3 is 1. The maximum Gasteiger partial charge on any atom is 0.251 e. The van der Waals surface area contributed by atoms with Gasteiger partial charge in [0.2, 0.25) is 0 Å². The van der Waals surface area contributed by atoms with Crippen LogP contribution in [0.1, 0.15) is 27.2 Å². The Morgan fingerprint density at radius 2 is 2.25 bits per heavy atom. The van der Waals surface area contributed by atoms with Gasteiger partial charge in [-0.25, -0.2) is 0 Å². The second-order valence-electron chi connectivity index (χ2n) is 5.15. The molecule has 0 aliphatic carbocycles. The highest BCUT2D eigenvalue weighted by Crippen LogP contribution is 2.17. The van der Waals surface area contributed by atoms with Crippen LogP contribution in [0.15, 0.2) is 0 Å². The van der Waals surface area contributed by atoms with E-state index in [1.807, 2.05) is 0 Å². The number of carbonyl (C=O) groups is 1. The van der Waals surface area contributed by atoms with E-state index in [-0.39, 0.29) is 5.91 Å².